The average Bonchev–Trinajstić information content (AvgIpc) is 3.13. The van der Waals surface area contributed by atoms with E-state index in [2.05, 4.69) is 15.9 Å². The Morgan fingerprint density at radius 3 is 2.60 bits per heavy atom. The average molecular weight is 494 g/mol. The molecule has 1 aliphatic carbocycles. The van der Waals surface area contributed by atoms with Gasteiger partial charge >= 0.3 is 0 Å². The molecule has 1 saturated carbocycles. The van der Waals surface area contributed by atoms with Gasteiger partial charge in [-0.2, -0.15) is 5.10 Å². The molecule has 1 aromatic heterocycles. The van der Waals surface area contributed by atoms with Crippen LogP contribution in [0.5, 0.6) is 0 Å². The number of fused-ring (bicyclic) bond motifs is 3. The number of sulfone groups is 1. The summed E-state index contributed by atoms with van der Waals surface area (Å²) in [5.41, 5.74) is 2.29. The molecule has 2 aliphatic heterocycles. The first-order chi connectivity index (χ1) is 14.5. The molecule has 0 spiro atoms. The number of rotatable bonds is 2. The highest BCUT2D eigenvalue weighted by Gasteiger charge is 2.38. The number of amides is 1. The summed E-state index contributed by atoms with van der Waals surface area (Å²) in [5, 5.41) is 4.79. The molecule has 7 nitrogen and oxygen atoms in total. The third-order valence-corrected chi connectivity index (χ3v) is 8.47. The Hall–Kier alpha value is -1.71. The Morgan fingerprint density at radius 1 is 1.13 bits per heavy atom. The molecule has 30 heavy (non-hydrogen) atoms. The molecule has 1 amide bonds. The van der Waals surface area contributed by atoms with Gasteiger partial charge < -0.3 is 9.64 Å². The zero-order chi connectivity index (χ0) is 20.9. The SMILES string of the molecule is O=C(c1nn(C2CCCCC2)c2c1CS(=O)(=O)c1cc(Br)ccc1-2)N1CCOCC1. The zero-order valence-electron chi connectivity index (χ0n) is 16.6. The van der Waals surface area contributed by atoms with Crippen LogP contribution in [0, 0.1) is 0 Å². The van der Waals surface area contributed by atoms with Crippen LogP contribution < -0.4 is 0 Å². The van der Waals surface area contributed by atoms with Gasteiger partial charge in [-0.05, 0) is 25.0 Å². The van der Waals surface area contributed by atoms with Gasteiger partial charge in [-0.3, -0.25) is 9.48 Å². The first-order valence-corrected chi connectivity index (χ1v) is 12.9. The molecule has 0 radical (unpaired) electrons. The Kier molecular flexibility index (Phi) is 5.23. The van der Waals surface area contributed by atoms with Crippen molar-refractivity contribution in [2.75, 3.05) is 26.3 Å². The minimum absolute atomic E-state index is 0.191. The van der Waals surface area contributed by atoms with Crippen LogP contribution >= 0.6 is 15.9 Å². The molecule has 0 bridgehead atoms. The van der Waals surface area contributed by atoms with Gasteiger partial charge in [0.25, 0.3) is 5.91 Å². The lowest BCUT2D eigenvalue weighted by Gasteiger charge is -2.26. The molecule has 1 saturated heterocycles. The Morgan fingerprint density at radius 2 is 1.87 bits per heavy atom. The van der Waals surface area contributed by atoms with Crippen molar-refractivity contribution in [1.29, 1.82) is 0 Å². The highest BCUT2D eigenvalue weighted by atomic mass is 79.9. The summed E-state index contributed by atoms with van der Waals surface area (Å²) < 4.78 is 34.3. The van der Waals surface area contributed by atoms with E-state index in [0.717, 1.165) is 35.8 Å². The van der Waals surface area contributed by atoms with Crippen LogP contribution in [-0.2, 0) is 20.3 Å². The maximum absolute atomic E-state index is 13.3. The number of carbonyl (C=O) groups excluding carboxylic acids is 1. The van der Waals surface area contributed by atoms with Crippen molar-refractivity contribution in [3.63, 3.8) is 0 Å². The van der Waals surface area contributed by atoms with Gasteiger partial charge in [0.05, 0.1) is 35.6 Å². The molecule has 2 aromatic rings. The fourth-order valence-corrected chi connectivity index (χ4v) is 6.91. The van der Waals surface area contributed by atoms with E-state index in [1.54, 1.807) is 11.0 Å². The van der Waals surface area contributed by atoms with Gasteiger partial charge in [0.15, 0.2) is 15.5 Å². The molecule has 0 unspecified atom stereocenters. The number of hydrogen-bond donors (Lipinski definition) is 0. The van der Waals surface area contributed by atoms with E-state index in [1.807, 2.05) is 16.8 Å². The Labute approximate surface area is 184 Å². The van der Waals surface area contributed by atoms with Crippen LogP contribution in [0.1, 0.15) is 54.2 Å². The minimum Gasteiger partial charge on any atom is -0.378 e. The molecule has 3 aliphatic rings. The van der Waals surface area contributed by atoms with Gasteiger partial charge in [0.2, 0.25) is 0 Å². The van der Waals surface area contributed by atoms with E-state index in [9.17, 15) is 13.2 Å². The predicted molar refractivity (Wildman–Crippen MR) is 115 cm³/mol. The molecule has 1 aromatic carbocycles. The largest absolute Gasteiger partial charge is 0.378 e. The predicted octanol–water partition coefficient (Wildman–Crippen LogP) is 3.58. The van der Waals surface area contributed by atoms with Gasteiger partial charge in [0.1, 0.15) is 0 Å². The number of nitrogens with zero attached hydrogens (tertiary/aromatic N) is 3. The first-order valence-electron chi connectivity index (χ1n) is 10.5. The summed E-state index contributed by atoms with van der Waals surface area (Å²) in [6, 6.07) is 5.54. The quantitative estimate of drug-likeness (QED) is 0.638. The minimum atomic E-state index is -3.56. The molecular weight excluding hydrogens is 470 g/mol. The Balaban J connectivity index is 1.69. The number of aromatic nitrogens is 2. The monoisotopic (exact) mass is 493 g/mol. The summed E-state index contributed by atoms with van der Waals surface area (Å²) in [6.45, 7) is 1.99. The van der Waals surface area contributed by atoms with Crippen LogP contribution in [0.15, 0.2) is 27.6 Å². The summed E-state index contributed by atoms with van der Waals surface area (Å²) in [7, 11) is -3.56. The summed E-state index contributed by atoms with van der Waals surface area (Å²) in [4.78, 5) is 15.4. The summed E-state index contributed by atoms with van der Waals surface area (Å²) in [5.74, 6) is -0.385. The number of carbonyl (C=O) groups is 1. The second kappa shape index (κ2) is 7.76. The second-order valence-corrected chi connectivity index (χ2v) is 11.1. The lowest BCUT2D eigenvalue weighted by Crippen LogP contribution is -2.41. The Bertz CT molecular complexity index is 1100. The fourth-order valence-electron chi connectivity index (χ4n) is 4.79. The van der Waals surface area contributed by atoms with Gasteiger partial charge in [-0.1, -0.05) is 41.3 Å². The molecule has 2 fully saturated rings. The molecule has 160 valence electrons. The second-order valence-electron chi connectivity index (χ2n) is 8.22. The van der Waals surface area contributed by atoms with Crippen LogP contribution in [0.2, 0.25) is 0 Å². The van der Waals surface area contributed by atoms with Crippen molar-refractivity contribution < 1.29 is 17.9 Å². The zero-order valence-corrected chi connectivity index (χ0v) is 19.0. The molecule has 0 atom stereocenters. The molecule has 9 heteroatoms. The fraction of sp³-hybridized carbons (Fsp3) is 0.524. The molecule has 0 N–H and O–H groups in total. The van der Waals surface area contributed by atoms with E-state index in [1.165, 1.54) is 6.42 Å². The first kappa shape index (κ1) is 20.2. The topological polar surface area (TPSA) is 81.5 Å². The van der Waals surface area contributed by atoms with E-state index >= 15 is 0 Å². The molecule has 3 heterocycles. The highest BCUT2D eigenvalue weighted by Crippen LogP contribution is 2.43. The van der Waals surface area contributed by atoms with Gasteiger partial charge in [-0.25, -0.2) is 8.42 Å². The summed E-state index contributed by atoms with van der Waals surface area (Å²) in [6.07, 6.45) is 5.45. The number of hydrogen-bond acceptors (Lipinski definition) is 5. The van der Waals surface area contributed by atoms with E-state index in [4.69, 9.17) is 9.84 Å². The number of halogens is 1. The number of benzene rings is 1. The van der Waals surface area contributed by atoms with Crippen LogP contribution in [0.4, 0.5) is 0 Å². The van der Waals surface area contributed by atoms with Crippen molar-refractivity contribution in [3.8, 4) is 11.3 Å². The number of ether oxygens (including phenoxy) is 1. The third kappa shape index (κ3) is 3.40. The van der Waals surface area contributed by atoms with Crippen molar-refractivity contribution in [2.45, 2.75) is 48.8 Å². The summed E-state index contributed by atoms with van der Waals surface area (Å²) >= 11 is 3.40. The maximum atomic E-state index is 13.3. The maximum Gasteiger partial charge on any atom is 0.274 e. The van der Waals surface area contributed by atoms with Crippen molar-refractivity contribution in [3.05, 3.63) is 33.9 Å². The standard InChI is InChI=1S/C21H24BrN3O4S/c22-14-6-7-16-18(12-14)30(27,28)13-17-19(21(26)24-8-10-29-11-9-24)23-25(20(16)17)15-4-2-1-3-5-15/h6-7,12,15H,1-5,8-11,13H2. The normalized spacial score (nSPS) is 21.2. The molecular formula is C21H24BrN3O4S. The lowest BCUT2D eigenvalue weighted by atomic mass is 9.95. The van der Waals surface area contributed by atoms with Gasteiger partial charge in [0, 0.05) is 28.7 Å². The van der Waals surface area contributed by atoms with Crippen molar-refractivity contribution in [2.24, 2.45) is 0 Å². The lowest BCUT2D eigenvalue weighted by molar-refractivity contribution is 0.0297. The van der Waals surface area contributed by atoms with E-state index in [-0.39, 0.29) is 23.4 Å². The smallest absolute Gasteiger partial charge is 0.274 e. The number of morpholine rings is 1. The van der Waals surface area contributed by atoms with Gasteiger partial charge in [-0.15, -0.1) is 0 Å². The van der Waals surface area contributed by atoms with Crippen LogP contribution in [0.3, 0.4) is 0 Å². The van der Waals surface area contributed by atoms with Crippen molar-refractivity contribution >= 4 is 31.7 Å². The highest BCUT2D eigenvalue weighted by molar-refractivity contribution is 9.10. The van der Waals surface area contributed by atoms with Crippen molar-refractivity contribution in [1.82, 2.24) is 14.7 Å². The third-order valence-electron chi connectivity index (χ3n) is 6.30. The van der Waals surface area contributed by atoms with E-state index in [0.29, 0.717) is 42.3 Å². The molecule has 5 rings (SSSR count). The van der Waals surface area contributed by atoms with E-state index < -0.39 is 9.84 Å². The van der Waals surface area contributed by atoms with Crippen LogP contribution in [0.25, 0.3) is 11.3 Å². The van der Waals surface area contributed by atoms with Crippen LogP contribution in [-0.4, -0.2) is 55.3 Å².